The van der Waals surface area contributed by atoms with Gasteiger partial charge in [0, 0.05) is 16.2 Å². The van der Waals surface area contributed by atoms with E-state index in [1.54, 1.807) is 6.07 Å². The molecule has 3 aromatic rings. The van der Waals surface area contributed by atoms with Gasteiger partial charge in [-0.3, -0.25) is 0 Å². The van der Waals surface area contributed by atoms with Crippen LogP contribution >= 0.6 is 11.5 Å². The van der Waals surface area contributed by atoms with Gasteiger partial charge in [-0.1, -0.05) is 12.1 Å². The number of carbonyl (C=O) groups is 1. The number of aromatic carboxylic acids is 1. The molecule has 3 rings (SSSR count). The molecule has 0 aliphatic carbocycles. The number of carboxylic acids is 1. The van der Waals surface area contributed by atoms with Crippen LogP contribution in [0.1, 0.15) is 10.5 Å². The number of pyridine rings is 1. The van der Waals surface area contributed by atoms with Gasteiger partial charge >= 0.3 is 5.97 Å². The highest BCUT2D eigenvalue weighted by Crippen LogP contribution is 2.24. The predicted molar refractivity (Wildman–Crippen MR) is 61.9 cm³/mol. The van der Waals surface area contributed by atoms with Crippen LogP contribution in [0, 0.1) is 0 Å². The second-order valence-electron chi connectivity index (χ2n) is 3.39. The van der Waals surface area contributed by atoms with Crippen LogP contribution in [0.4, 0.5) is 0 Å². The summed E-state index contributed by atoms with van der Waals surface area (Å²) in [6.45, 7) is 0. The first-order chi connectivity index (χ1) is 7.75. The van der Waals surface area contributed by atoms with Crippen molar-refractivity contribution in [3.63, 3.8) is 0 Å². The molecule has 78 valence electrons. The van der Waals surface area contributed by atoms with Crippen LogP contribution in [0.2, 0.25) is 0 Å². The lowest BCUT2D eigenvalue weighted by Crippen LogP contribution is -1.99. The van der Waals surface area contributed by atoms with Gasteiger partial charge < -0.3 is 5.11 Å². The van der Waals surface area contributed by atoms with Crippen molar-refractivity contribution in [2.45, 2.75) is 0 Å². The Hall–Kier alpha value is -2.01. The minimum absolute atomic E-state index is 0.0613. The van der Waals surface area contributed by atoms with E-state index in [9.17, 15) is 4.79 Å². The molecular weight excluding hydrogens is 224 g/mol. The van der Waals surface area contributed by atoms with Gasteiger partial charge in [-0.2, -0.15) is 4.37 Å². The zero-order valence-corrected chi connectivity index (χ0v) is 8.86. The van der Waals surface area contributed by atoms with Crippen molar-refractivity contribution in [2.75, 3.05) is 0 Å². The van der Waals surface area contributed by atoms with E-state index in [1.807, 2.05) is 17.5 Å². The number of aromatic nitrogens is 2. The fourth-order valence-electron chi connectivity index (χ4n) is 1.65. The Morgan fingerprint density at radius 2 is 2.06 bits per heavy atom. The molecule has 2 aromatic heterocycles. The average molecular weight is 230 g/mol. The lowest BCUT2D eigenvalue weighted by atomic mass is 10.1. The smallest absolute Gasteiger partial charge is 0.354 e. The Kier molecular flexibility index (Phi) is 1.87. The molecule has 0 spiro atoms. The number of rotatable bonds is 1. The number of carboxylic acid groups (broad SMARTS) is 1. The van der Waals surface area contributed by atoms with E-state index in [1.165, 1.54) is 17.6 Å². The molecular formula is C11H6N2O2S. The first-order valence-corrected chi connectivity index (χ1v) is 5.46. The molecule has 0 radical (unpaired) electrons. The molecule has 0 atom stereocenters. The molecule has 0 fully saturated rings. The molecule has 0 saturated carbocycles. The third kappa shape index (κ3) is 1.25. The van der Waals surface area contributed by atoms with Crippen LogP contribution < -0.4 is 0 Å². The van der Waals surface area contributed by atoms with Crippen molar-refractivity contribution < 1.29 is 9.90 Å². The Balaban J connectivity index is 2.46. The van der Waals surface area contributed by atoms with Crippen LogP contribution in [0.15, 0.2) is 29.6 Å². The molecule has 5 heteroatoms. The molecule has 0 saturated heterocycles. The SMILES string of the molecule is O=C(O)c1ccc2ccc3nscc3c2n1. The van der Waals surface area contributed by atoms with Crippen molar-refractivity contribution in [3.05, 3.63) is 35.3 Å². The van der Waals surface area contributed by atoms with E-state index in [-0.39, 0.29) is 5.69 Å². The lowest BCUT2D eigenvalue weighted by molar-refractivity contribution is 0.0691. The van der Waals surface area contributed by atoms with Crippen molar-refractivity contribution in [1.82, 2.24) is 9.36 Å². The van der Waals surface area contributed by atoms with E-state index < -0.39 is 5.97 Å². The number of hydrogen-bond acceptors (Lipinski definition) is 4. The van der Waals surface area contributed by atoms with E-state index in [2.05, 4.69) is 9.36 Å². The van der Waals surface area contributed by atoms with Gasteiger partial charge in [-0.15, -0.1) is 0 Å². The van der Waals surface area contributed by atoms with Crippen LogP contribution in [-0.4, -0.2) is 20.4 Å². The highest BCUT2D eigenvalue weighted by atomic mass is 32.1. The minimum Gasteiger partial charge on any atom is -0.477 e. The Morgan fingerprint density at radius 1 is 1.25 bits per heavy atom. The molecule has 0 bridgehead atoms. The van der Waals surface area contributed by atoms with Crippen LogP contribution in [-0.2, 0) is 0 Å². The van der Waals surface area contributed by atoms with Crippen LogP contribution in [0.5, 0.6) is 0 Å². The number of fused-ring (bicyclic) bond motifs is 3. The molecule has 0 unspecified atom stereocenters. The van der Waals surface area contributed by atoms with Gasteiger partial charge in [0.2, 0.25) is 0 Å². The highest BCUT2D eigenvalue weighted by molar-refractivity contribution is 7.04. The van der Waals surface area contributed by atoms with E-state index in [0.717, 1.165) is 16.3 Å². The van der Waals surface area contributed by atoms with Crippen molar-refractivity contribution in [1.29, 1.82) is 0 Å². The number of benzene rings is 1. The minimum atomic E-state index is -1.01. The van der Waals surface area contributed by atoms with Gasteiger partial charge in [0.1, 0.15) is 5.69 Å². The Bertz CT molecular complexity index is 705. The van der Waals surface area contributed by atoms with E-state index in [4.69, 9.17) is 5.11 Å². The maximum atomic E-state index is 10.8. The summed E-state index contributed by atoms with van der Waals surface area (Å²) in [6, 6.07) is 7.09. The van der Waals surface area contributed by atoms with Crippen LogP contribution in [0.25, 0.3) is 21.8 Å². The molecule has 16 heavy (non-hydrogen) atoms. The molecule has 0 amide bonds. The topological polar surface area (TPSA) is 63.1 Å². The summed E-state index contributed by atoms with van der Waals surface area (Å²) in [5.74, 6) is -1.01. The third-order valence-electron chi connectivity index (χ3n) is 2.42. The zero-order chi connectivity index (χ0) is 11.1. The Morgan fingerprint density at radius 3 is 2.88 bits per heavy atom. The molecule has 0 aliphatic heterocycles. The fourth-order valence-corrected chi connectivity index (χ4v) is 2.31. The Labute approximate surface area is 94.3 Å². The number of hydrogen-bond donors (Lipinski definition) is 1. The summed E-state index contributed by atoms with van der Waals surface area (Å²) in [7, 11) is 0. The lowest BCUT2D eigenvalue weighted by Gasteiger charge is -1.99. The van der Waals surface area contributed by atoms with Crippen molar-refractivity contribution in [3.8, 4) is 0 Å². The van der Waals surface area contributed by atoms with E-state index in [0.29, 0.717) is 5.52 Å². The van der Waals surface area contributed by atoms with Gasteiger partial charge in [0.15, 0.2) is 0 Å². The quantitative estimate of drug-likeness (QED) is 0.697. The maximum Gasteiger partial charge on any atom is 0.354 e. The normalized spacial score (nSPS) is 11.0. The summed E-state index contributed by atoms with van der Waals surface area (Å²) in [5, 5.41) is 12.6. The van der Waals surface area contributed by atoms with E-state index >= 15 is 0 Å². The standard InChI is InChI=1S/C11H6N2O2S/c14-11(15)9-4-2-6-1-3-8-7(5-16-13-8)10(6)12-9/h1-5H,(H,14,15). The van der Waals surface area contributed by atoms with Gasteiger partial charge in [0.05, 0.1) is 11.0 Å². The largest absolute Gasteiger partial charge is 0.477 e. The second kappa shape index (κ2) is 3.24. The summed E-state index contributed by atoms with van der Waals surface area (Å²) in [5.41, 5.74) is 1.62. The zero-order valence-electron chi connectivity index (χ0n) is 8.04. The molecule has 2 heterocycles. The van der Waals surface area contributed by atoms with Gasteiger partial charge in [-0.05, 0) is 23.7 Å². The summed E-state index contributed by atoms with van der Waals surface area (Å²) < 4.78 is 4.20. The fraction of sp³-hybridized carbons (Fsp3) is 0. The summed E-state index contributed by atoms with van der Waals surface area (Å²) >= 11 is 1.34. The first kappa shape index (κ1) is 9.23. The molecule has 0 aliphatic rings. The van der Waals surface area contributed by atoms with Crippen molar-refractivity contribution in [2.24, 2.45) is 0 Å². The third-order valence-corrected chi connectivity index (χ3v) is 3.06. The molecule has 1 N–H and O–H groups in total. The maximum absolute atomic E-state index is 10.8. The van der Waals surface area contributed by atoms with Crippen LogP contribution in [0.3, 0.4) is 0 Å². The second-order valence-corrected chi connectivity index (χ2v) is 4.02. The molecule has 1 aromatic carbocycles. The summed E-state index contributed by atoms with van der Waals surface area (Å²) in [6.07, 6.45) is 0. The first-order valence-electron chi connectivity index (χ1n) is 4.63. The number of nitrogens with zero attached hydrogens (tertiary/aromatic N) is 2. The monoisotopic (exact) mass is 230 g/mol. The predicted octanol–water partition coefficient (Wildman–Crippen LogP) is 2.54. The highest BCUT2D eigenvalue weighted by Gasteiger charge is 2.08. The summed E-state index contributed by atoms with van der Waals surface area (Å²) in [4.78, 5) is 15.0. The van der Waals surface area contributed by atoms with Gasteiger partial charge in [0.25, 0.3) is 0 Å². The van der Waals surface area contributed by atoms with Crippen molar-refractivity contribution >= 4 is 39.3 Å². The van der Waals surface area contributed by atoms with Gasteiger partial charge in [-0.25, -0.2) is 9.78 Å². The molecule has 4 nitrogen and oxygen atoms in total. The average Bonchev–Trinajstić information content (AvgIpc) is 2.76.